The van der Waals surface area contributed by atoms with Crippen molar-refractivity contribution in [2.75, 3.05) is 0 Å². The molecule has 0 bridgehead atoms. The Morgan fingerprint density at radius 1 is 1.30 bits per heavy atom. The van der Waals surface area contributed by atoms with Crippen LogP contribution in [0.25, 0.3) is 0 Å². The second-order valence-corrected chi connectivity index (χ2v) is 4.78. The third-order valence-electron chi connectivity index (χ3n) is 1.90. The zero-order valence-corrected chi connectivity index (χ0v) is 10.6. The summed E-state index contributed by atoms with van der Waals surface area (Å²) in [6, 6.07) is 2.71. The Labute approximate surface area is 112 Å². The zero-order chi connectivity index (χ0) is 15.5. The number of nitrogens with two attached hydrogens (primary N) is 3. The van der Waals surface area contributed by atoms with E-state index >= 15 is 0 Å². The van der Waals surface area contributed by atoms with Crippen LogP contribution in [-0.2, 0) is 10.1 Å². The quantitative estimate of drug-likeness (QED) is 0.180. The molecule has 0 saturated heterocycles. The maximum atomic E-state index is 11.0. The van der Waals surface area contributed by atoms with E-state index in [4.69, 9.17) is 21.8 Å². The predicted octanol–water partition coefficient (Wildman–Crippen LogP) is -0.939. The summed E-state index contributed by atoms with van der Waals surface area (Å²) in [6.07, 6.45) is 0. The second kappa shape index (κ2) is 5.50. The molecule has 0 radical (unpaired) electrons. The van der Waals surface area contributed by atoms with Gasteiger partial charge < -0.3 is 17.2 Å². The topological polar surface area (TPSA) is 200 Å². The first kappa shape index (κ1) is 15.3. The smallest absolute Gasteiger partial charge is 0.301 e. The lowest BCUT2D eigenvalue weighted by atomic mass is 10.3. The number of nitro benzene ring substituents is 1. The number of hydrogen-bond donors (Lipinski definition) is 4. The van der Waals surface area contributed by atoms with E-state index in [0.29, 0.717) is 0 Å². The van der Waals surface area contributed by atoms with Gasteiger partial charge >= 0.3 is 10.1 Å². The van der Waals surface area contributed by atoms with Crippen LogP contribution in [0.2, 0.25) is 0 Å². The number of benzene rings is 1. The van der Waals surface area contributed by atoms with Gasteiger partial charge in [0, 0.05) is 6.07 Å². The Balaban J connectivity index is 3.39. The molecule has 0 atom stereocenters. The Kier molecular flexibility index (Phi) is 4.21. The Hall–Kier alpha value is -2.73. The third kappa shape index (κ3) is 3.89. The van der Waals surface area contributed by atoms with Gasteiger partial charge in [0.15, 0.2) is 10.9 Å². The first-order valence-corrected chi connectivity index (χ1v) is 6.25. The lowest BCUT2D eigenvalue weighted by molar-refractivity contribution is -0.387. The van der Waals surface area contributed by atoms with Crippen molar-refractivity contribution in [3.63, 3.8) is 0 Å². The molecule has 0 saturated carbocycles. The van der Waals surface area contributed by atoms with E-state index in [-0.39, 0.29) is 17.6 Å². The number of nitrogens with zero attached hydrogens (tertiary/aromatic N) is 3. The summed E-state index contributed by atoms with van der Waals surface area (Å²) in [6.45, 7) is 0. The molecule has 108 valence electrons. The molecule has 12 heteroatoms. The number of aliphatic imine (C=N–C) groups is 2. The van der Waals surface area contributed by atoms with Crippen molar-refractivity contribution in [2.24, 2.45) is 27.2 Å². The summed E-state index contributed by atoms with van der Waals surface area (Å²) >= 11 is 0. The molecule has 0 aromatic heterocycles. The van der Waals surface area contributed by atoms with Crippen molar-refractivity contribution in [1.29, 1.82) is 0 Å². The summed E-state index contributed by atoms with van der Waals surface area (Å²) in [5.74, 6) is -0.741. The van der Waals surface area contributed by atoms with Crippen molar-refractivity contribution in [3.8, 4) is 0 Å². The van der Waals surface area contributed by atoms with Gasteiger partial charge in [0.05, 0.1) is 10.6 Å². The summed E-state index contributed by atoms with van der Waals surface area (Å²) in [7, 11) is -4.73. The first-order valence-electron chi connectivity index (χ1n) is 4.81. The molecule has 0 amide bonds. The largest absolute Gasteiger partial charge is 0.370 e. The number of guanidine groups is 2. The van der Waals surface area contributed by atoms with Crippen molar-refractivity contribution in [1.82, 2.24) is 0 Å². The maximum absolute atomic E-state index is 11.0. The molecule has 1 aromatic carbocycles. The van der Waals surface area contributed by atoms with Crippen LogP contribution in [0.1, 0.15) is 0 Å². The summed E-state index contributed by atoms with van der Waals surface area (Å²) in [4.78, 5) is 15.9. The van der Waals surface area contributed by atoms with Gasteiger partial charge in [-0.2, -0.15) is 13.4 Å². The first-order chi connectivity index (χ1) is 9.11. The average molecular weight is 302 g/mol. The van der Waals surface area contributed by atoms with Crippen LogP contribution in [0.3, 0.4) is 0 Å². The monoisotopic (exact) mass is 302 g/mol. The Morgan fingerprint density at radius 3 is 2.35 bits per heavy atom. The highest BCUT2D eigenvalue weighted by Crippen LogP contribution is 2.28. The molecule has 0 aliphatic rings. The van der Waals surface area contributed by atoms with Crippen LogP contribution in [0.5, 0.6) is 0 Å². The van der Waals surface area contributed by atoms with Gasteiger partial charge in [-0.25, -0.2) is 4.99 Å². The van der Waals surface area contributed by atoms with Gasteiger partial charge in [0.1, 0.15) is 0 Å². The Morgan fingerprint density at radius 2 is 1.90 bits per heavy atom. The summed E-state index contributed by atoms with van der Waals surface area (Å²) in [5.41, 5.74) is 14.5. The molecule has 0 fully saturated rings. The van der Waals surface area contributed by atoms with Crippen molar-refractivity contribution in [3.05, 3.63) is 28.3 Å². The molecule has 0 spiro atoms. The van der Waals surface area contributed by atoms with Crippen LogP contribution in [0, 0.1) is 10.1 Å². The molecule has 11 nitrogen and oxygen atoms in total. The van der Waals surface area contributed by atoms with E-state index in [9.17, 15) is 18.5 Å². The molecule has 0 aliphatic carbocycles. The molecule has 1 aromatic rings. The van der Waals surface area contributed by atoms with Crippen LogP contribution in [-0.4, -0.2) is 29.8 Å². The van der Waals surface area contributed by atoms with E-state index in [1.54, 1.807) is 0 Å². The van der Waals surface area contributed by atoms with E-state index in [1.807, 2.05) is 0 Å². The van der Waals surface area contributed by atoms with Gasteiger partial charge in [-0.15, -0.1) is 0 Å². The highest BCUT2D eigenvalue weighted by atomic mass is 32.2. The van der Waals surface area contributed by atoms with E-state index in [0.717, 1.165) is 18.2 Å². The lowest BCUT2D eigenvalue weighted by Gasteiger charge is -2.01. The van der Waals surface area contributed by atoms with Crippen molar-refractivity contribution in [2.45, 2.75) is 4.90 Å². The van der Waals surface area contributed by atoms with E-state index in [1.165, 1.54) is 0 Å². The zero-order valence-electron chi connectivity index (χ0n) is 9.79. The SMILES string of the molecule is NC(N)=NC(N)=Nc1ccc(S(=O)(=O)O)c([N+](=O)[O-])c1. The van der Waals surface area contributed by atoms with Crippen LogP contribution < -0.4 is 17.2 Å². The average Bonchev–Trinajstić information content (AvgIpc) is 2.25. The van der Waals surface area contributed by atoms with E-state index < -0.39 is 25.6 Å². The van der Waals surface area contributed by atoms with Crippen LogP contribution in [0.4, 0.5) is 11.4 Å². The predicted molar refractivity (Wildman–Crippen MR) is 70.0 cm³/mol. The number of hydrogen-bond acceptors (Lipinski definition) is 5. The van der Waals surface area contributed by atoms with Crippen molar-refractivity contribution >= 4 is 33.4 Å². The highest BCUT2D eigenvalue weighted by molar-refractivity contribution is 7.86. The minimum atomic E-state index is -4.73. The summed E-state index contributed by atoms with van der Waals surface area (Å²) < 4.78 is 30.8. The van der Waals surface area contributed by atoms with Crippen molar-refractivity contribution < 1.29 is 17.9 Å². The lowest BCUT2D eigenvalue weighted by Crippen LogP contribution is -2.26. The molecule has 7 N–H and O–H groups in total. The van der Waals surface area contributed by atoms with E-state index in [2.05, 4.69) is 9.98 Å². The number of nitro groups is 1. The molecular formula is C8H10N6O5S. The normalized spacial score (nSPS) is 11.9. The fourth-order valence-corrected chi connectivity index (χ4v) is 1.86. The van der Waals surface area contributed by atoms with Gasteiger partial charge in [-0.05, 0) is 12.1 Å². The standard InChI is InChI=1S/C8H10N6O5S/c9-7(10)13-8(11)12-4-1-2-6(20(17,18)19)5(3-4)14(15)16/h1-3H,(H,17,18,19)(H6,9,10,11,12,13). The third-order valence-corrected chi connectivity index (χ3v) is 2.81. The molecule has 0 unspecified atom stereocenters. The Bertz CT molecular complexity index is 706. The van der Waals surface area contributed by atoms with Crippen LogP contribution >= 0.6 is 0 Å². The minimum Gasteiger partial charge on any atom is -0.370 e. The molecular weight excluding hydrogens is 292 g/mol. The highest BCUT2D eigenvalue weighted by Gasteiger charge is 2.24. The molecule has 1 rings (SSSR count). The van der Waals surface area contributed by atoms with Crippen LogP contribution in [0.15, 0.2) is 33.1 Å². The maximum Gasteiger partial charge on any atom is 0.301 e. The van der Waals surface area contributed by atoms with Gasteiger partial charge in [-0.1, -0.05) is 0 Å². The van der Waals surface area contributed by atoms with Gasteiger partial charge in [-0.3, -0.25) is 14.7 Å². The minimum absolute atomic E-state index is 0.0633. The fraction of sp³-hybridized carbons (Fsp3) is 0. The number of rotatable bonds is 3. The fourth-order valence-electron chi connectivity index (χ4n) is 1.23. The molecule has 20 heavy (non-hydrogen) atoms. The summed E-state index contributed by atoms with van der Waals surface area (Å²) in [5, 5.41) is 10.8. The molecule has 0 aliphatic heterocycles. The van der Waals surface area contributed by atoms with Gasteiger partial charge in [0.2, 0.25) is 5.96 Å². The van der Waals surface area contributed by atoms with Gasteiger partial charge in [0.25, 0.3) is 5.69 Å². The second-order valence-electron chi connectivity index (χ2n) is 3.39. The molecule has 0 heterocycles.